The van der Waals surface area contributed by atoms with Crippen molar-refractivity contribution in [1.29, 1.82) is 0 Å². The first kappa shape index (κ1) is 16.7. The number of carbonyl (C=O) groups excluding carboxylic acids is 1. The molecule has 1 N–H and O–H groups in total. The molecule has 23 heavy (non-hydrogen) atoms. The first-order valence-electron chi connectivity index (χ1n) is 8.54. The molecule has 5 heteroatoms. The number of rotatable bonds is 5. The highest BCUT2D eigenvalue weighted by atomic mass is 35.5. The number of nitrogens with zero attached hydrogens (tertiary/aromatic N) is 1. The summed E-state index contributed by atoms with van der Waals surface area (Å²) in [5.74, 6) is 0.143. The highest BCUT2D eigenvalue weighted by Gasteiger charge is 2.41. The summed E-state index contributed by atoms with van der Waals surface area (Å²) in [5.41, 5.74) is 0.958. The average molecular weight is 337 g/mol. The molecule has 0 aromatic heterocycles. The molecular weight excluding hydrogens is 312 g/mol. The van der Waals surface area contributed by atoms with Crippen LogP contribution in [0.4, 0.5) is 0 Å². The third-order valence-corrected chi connectivity index (χ3v) is 5.39. The third-order valence-electron chi connectivity index (χ3n) is 5.14. The maximum Gasteiger partial charge on any atom is 0.238 e. The Morgan fingerprint density at radius 3 is 2.48 bits per heavy atom. The van der Waals surface area contributed by atoms with E-state index in [4.69, 9.17) is 16.3 Å². The van der Waals surface area contributed by atoms with Crippen LogP contribution in [-0.2, 0) is 15.1 Å². The Balaban J connectivity index is 1.72. The zero-order valence-electron chi connectivity index (χ0n) is 13.7. The molecule has 0 spiro atoms. The molecule has 1 amide bonds. The van der Waals surface area contributed by atoms with Gasteiger partial charge in [-0.1, -0.05) is 30.7 Å². The van der Waals surface area contributed by atoms with Gasteiger partial charge in [0.1, 0.15) is 0 Å². The topological polar surface area (TPSA) is 41.6 Å². The summed E-state index contributed by atoms with van der Waals surface area (Å²) in [5, 5.41) is 4.08. The minimum absolute atomic E-state index is 0.0660. The molecule has 3 rings (SSSR count). The van der Waals surface area contributed by atoms with Crippen LogP contribution in [0.15, 0.2) is 24.3 Å². The lowest BCUT2D eigenvalue weighted by molar-refractivity contribution is -0.131. The predicted octanol–water partition coefficient (Wildman–Crippen LogP) is 2.95. The second-order valence-corrected chi connectivity index (χ2v) is 6.94. The van der Waals surface area contributed by atoms with Crippen LogP contribution >= 0.6 is 11.6 Å². The van der Waals surface area contributed by atoms with Crippen LogP contribution in [0.2, 0.25) is 5.02 Å². The number of halogens is 1. The quantitative estimate of drug-likeness (QED) is 0.898. The Labute approximate surface area is 143 Å². The number of carbonyl (C=O) groups is 1. The number of hydrogen-bond acceptors (Lipinski definition) is 3. The lowest BCUT2D eigenvalue weighted by Gasteiger charge is -2.45. The van der Waals surface area contributed by atoms with Gasteiger partial charge in [-0.3, -0.25) is 9.69 Å². The van der Waals surface area contributed by atoms with Crippen LogP contribution in [0.25, 0.3) is 0 Å². The highest BCUT2D eigenvalue weighted by molar-refractivity contribution is 6.30. The Kier molecular flexibility index (Phi) is 5.24. The van der Waals surface area contributed by atoms with E-state index in [0.29, 0.717) is 13.2 Å². The van der Waals surface area contributed by atoms with Crippen molar-refractivity contribution in [2.75, 3.05) is 26.3 Å². The van der Waals surface area contributed by atoms with Gasteiger partial charge in [-0.15, -0.1) is 0 Å². The van der Waals surface area contributed by atoms with Crippen LogP contribution in [-0.4, -0.2) is 43.2 Å². The molecule has 2 fully saturated rings. The number of amides is 1. The normalized spacial score (nSPS) is 22.2. The second-order valence-electron chi connectivity index (χ2n) is 6.50. The van der Waals surface area contributed by atoms with Gasteiger partial charge in [-0.2, -0.15) is 0 Å². The molecular formula is C18H25ClN2O2. The number of hydrogen-bond donors (Lipinski definition) is 1. The predicted molar refractivity (Wildman–Crippen MR) is 91.6 cm³/mol. The van der Waals surface area contributed by atoms with Crippen LogP contribution < -0.4 is 5.32 Å². The molecule has 4 nitrogen and oxygen atoms in total. The highest BCUT2D eigenvalue weighted by Crippen LogP contribution is 2.41. The van der Waals surface area contributed by atoms with Crippen molar-refractivity contribution in [1.82, 2.24) is 10.2 Å². The smallest absolute Gasteiger partial charge is 0.238 e. The van der Waals surface area contributed by atoms with E-state index < -0.39 is 0 Å². The molecule has 1 saturated heterocycles. The van der Waals surface area contributed by atoms with E-state index in [1.54, 1.807) is 0 Å². The Hall–Kier alpha value is -1.10. The zero-order valence-corrected chi connectivity index (χ0v) is 14.4. The minimum Gasteiger partial charge on any atom is -0.379 e. The van der Waals surface area contributed by atoms with Crippen molar-refractivity contribution >= 4 is 17.5 Å². The summed E-state index contributed by atoms with van der Waals surface area (Å²) in [6.07, 6.45) is 3.97. The van der Waals surface area contributed by atoms with Crippen molar-refractivity contribution in [2.24, 2.45) is 0 Å². The first-order valence-corrected chi connectivity index (χ1v) is 8.92. The Morgan fingerprint density at radius 2 is 1.96 bits per heavy atom. The van der Waals surface area contributed by atoms with Gasteiger partial charge in [0.15, 0.2) is 0 Å². The molecule has 1 aliphatic carbocycles. The number of ether oxygens (including phenoxy) is 1. The standard InChI is InChI=1S/C18H25ClN2O2/c1-2-16(21-10-12-23-13-11-21)17(22)20-18(8-3-9-18)14-4-6-15(19)7-5-14/h4-7,16H,2-3,8-13H2,1H3,(H,20,22)/t16-/m1/s1. The van der Waals surface area contributed by atoms with Crippen molar-refractivity contribution in [3.05, 3.63) is 34.9 Å². The van der Waals surface area contributed by atoms with E-state index in [1.165, 1.54) is 5.56 Å². The van der Waals surface area contributed by atoms with Gasteiger partial charge in [-0.25, -0.2) is 0 Å². The fourth-order valence-electron chi connectivity index (χ4n) is 3.60. The molecule has 2 aliphatic rings. The van der Waals surface area contributed by atoms with E-state index in [1.807, 2.05) is 24.3 Å². The van der Waals surface area contributed by atoms with Crippen LogP contribution in [0.3, 0.4) is 0 Å². The summed E-state index contributed by atoms with van der Waals surface area (Å²) < 4.78 is 5.40. The minimum atomic E-state index is -0.207. The maximum absolute atomic E-state index is 12.9. The van der Waals surface area contributed by atoms with E-state index in [2.05, 4.69) is 17.1 Å². The fourth-order valence-corrected chi connectivity index (χ4v) is 3.73. The van der Waals surface area contributed by atoms with E-state index in [9.17, 15) is 4.79 Å². The summed E-state index contributed by atoms with van der Waals surface area (Å²) in [4.78, 5) is 15.1. The molecule has 1 atom stereocenters. The monoisotopic (exact) mass is 336 g/mol. The van der Waals surface area contributed by atoms with Crippen molar-refractivity contribution in [3.8, 4) is 0 Å². The molecule has 0 bridgehead atoms. The van der Waals surface area contributed by atoms with E-state index >= 15 is 0 Å². The molecule has 0 radical (unpaired) electrons. The van der Waals surface area contributed by atoms with Crippen LogP contribution in [0.5, 0.6) is 0 Å². The third kappa shape index (κ3) is 3.54. The van der Waals surface area contributed by atoms with Gasteiger partial charge in [0.05, 0.1) is 24.8 Å². The van der Waals surface area contributed by atoms with Gasteiger partial charge in [0, 0.05) is 18.1 Å². The molecule has 1 aromatic rings. The number of morpholine rings is 1. The molecule has 0 unspecified atom stereocenters. The second kappa shape index (κ2) is 7.20. The van der Waals surface area contributed by atoms with Crippen molar-refractivity contribution < 1.29 is 9.53 Å². The molecule has 1 aliphatic heterocycles. The fraction of sp³-hybridized carbons (Fsp3) is 0.611. The molecule has 1 aromatic carbocycles. The SMILES string of the molecule is CC[C@H](C(=O)NC1(c2ccc(Cl)cc2)CCC1)N1CCOCC1. The van der Waals surface area contributed by atoms with Gasteiger partial charge >= 0.3 is 0 Å². The van der Waals surface area contributed by atoms with Crippen molar-refractivity contribution in [2.45, 2.75) is 44.2 Å². The van der Waals surface area contributed by atoms with Gasteiger partial charge < -0.3 is 10.1 Å². The Morgan fingerprint density at radius 1 is 1.30 bits per heavy atom. The molecule has 1 heterocycles. The largest absolute Gasteiger partial charge is 0.379 e. The van der Waals surface area contributed by atoms with E-state index in [-0.39, 0.29) is 17.5 Å². The van der Waals surface area contributed by atoms with Gasteiger partial charge in [-0.05, 0) is 43.4 Å². The molecule has 126 valence electrons. The Bertz CT molecular complexity index is 536. The summed E-state index contributed by atoms with van der Waals surface area (Å²) in [6.45, 7) is 5.17. The van der Waals surface area contributed by atoms with Crippen LogP contribution in [0, 0.1) is 0 Å². The van der Waals surface area contributed by atoms with Gasteiger partial charge in [0.25, 0.3) is 0 Å². The lowest BCUT2D eigenvalue weighted by atomic mass is 9.71. The molecule has 1 saturated carbocycles. The summed E-state index contributed by atoms with van der Waals surface area (Å²) in [6, 6.07) is 7.82. The number of benzene rings is 1. The average Bonchev–Trinajstić information content (AvgIpc) is 2.54. The summed E-state index contributed by atoms with van der Waals surface area (Å²) >= 11 is 6.00. The van der Waals surface area contributed by atoms with Gasteiger partial charge in [0.2, 0.25) is 5.91 Å². The summed E-state index contributed by atoms with van der Waals surface area (Å²) in [7, 11) is 0. The first-order chi connectivity index (χ1) is 11.1. The maximum atomic E-state index is 12.9. The van der Waals surface area contributed by atoms with Crippen molar-refractivity contribution in [3.63, 3.8) is 0 Å². The zero-order chi connectivity index (χ0) is 16.3. The van der Waals surface area contributed by atoms with Crippen LogP contribution in [0.1, 0.15) is 38.2 Å². The lowest BCUT2D eigenvalue weighted by Crippen LogP contribution is -2.58. The number of nitrogens with one attached hydrogen (secondary N) is 1. The van der Waals surface area contributed by atoms with E-state index in [0.717, 1.165) is 43.8 Å².